The molecule has 6 rings (SSSR count). The molecule has 1 aliphatic heterocycles. The van der Waals surface area contributed by atoms with Crippen LogP contribution < -0.4 is 19.6 Å². The van der Waals surface area contributed by atoms with Gasteiger partial charge in [-0.2, -0.15) is 4.99 Å². The molecule has 1 unspecified atom stereocenters. The Balaban J connectivity index is 1.17. The first-order valence-electron chi connectivity index (χ1n) is 16.2. The lowest BCUT2D eigenvalue weighted by molar-refractivity contribution is -0.660. The van der Waals surface area contributed by atoms with Crippen LogP contribution in [0.1, 0.15) is 62.6 Å². The second-order valence-electron chi connectivity index (χ2n) is 12.0. The minimum absolute atomic E-state index is 0.234. The van der Waals surface area contributed by atoms with E-state index in [9.17, 15) is 18.0 Å². The van der Waals surface area contributed by atoms with Crippen molar-refractivity contribution in [3.63, 3.8) is 0 Å². The van der Waals surface area contributed by atoms with Crippen LogP contribution in [0, 0.1) is 6.92 Å². The Morgan fingerprint density at radius 2 is 1.88 bits per heavy atom. The molecular weight excluding hydrogens is 637 g/mol. The number of ether oxygens (including phenoxy) is 1. The van der Waals surface area contributed by atoms with Gasteiger partial charge < -0.3 is 15.0 Å². The van der Waals surface area contributed by atoms with Crippen LogP contribution >= 0.6 is 11.8 Å². The number of benzene rings is 3. The maximum absolute atomic E-state index is 13.4. The van der Waals surface area contributed by atoms with E-state index < -0.39 is 6.36 Å². The lowest BCUT2D eigenvalue weighted by Crippen LogP contribution is -2.42. The number of aryl methyl sites for hydroxylation is 2. The second kappa shape index (κ2) is 14.3. The van der Waals surface area contributed by atoms with E-state index >= 15 is 0 Å². The van der Waals surface area contributed by atoms with Gasteiger partial charge in [-0.05, 0) is 111 Å². The highest BCUT2D eigenvalue weighted by atomic mass is 32.2. The molecule has 0 saturated carbocycles. The Morgan fingerprint density at radius 1 is 1.10 bits per heavy atom. The Bertz CT molecular complexity index is 1830. The van der Waals surface area contributed by atoms with Crippen LogP contribution in [0.15, 0.2) is 89.8 Å². The van der Waals surface area contributed by atoms with Gasteiger partial charge in [-0.15, -0.1) is 22.5 Å². The molecule has 0 spiro atoms. The van der Waals surface area contributed by atoms with Gasteiger partial charge in [0.2, 0.25) is 0 Å². The van der Waals surface area contributed by atoms with Crippen LogP contribution in [0.2, 0.25) is 0 Å². The predicted molar refractivity (Wildman–Crippen MR) is 183 cm³/mol. The van der Waals surface area contributed by atoms with Crippen molar-refractivity contribution in [3.05, 3.63) is 102 Å². The number of thioether (sulfide) groups is 1. The second-order valence-corrected chi connectivity index (χ2v) is 13.1. The summed E-state index contributed by atoms with van der Waals surface area (Å²) in [4.78, 5) is 20.3. The molecule has 2 heterocycles. The summed E-state index contributed by atoms with van der Waals surface area (Å²) in [7, 11) is 0. The number of halogens is 3. The fraction of sp³-hybridized carbons (Fsp3) is 0.333. The van der Waals surface area contributed by atoms with Crippen LogP contribution in [-0.4, -0.2) is 39.3 Å². The molecule has 4 aromatic rings. The number of aromatic nitrogens is 3. The molecule has 0 bridgehead atoms. The van der Waals surface area contributed by atoms with E-state index in [4.69, 9.17) is 0 Å². The van der Waals surface area contributed by atoms with E-state index in [1.807, 2.05) is 24.3 Å². The van der Waals surface area contributed by atoms with Gasteiger partial charge in [0.05, 0.1) is 0 Å². The van der Waals surface area contributed by atoms with Gasteiger partial charge in [0.1, 0.15) is 11.0 Å². The summed E-state index contributed by atoms with van der Waals surface area (Å²) < 4.78 is 44.7. The van der Waals surface area contributed by atoms with Gasteiger partial charge in [0.15, 0.2) is 28.9 Å². The minimum Gasteiger partial charge on any atom is -0.406 e. The first-order valence-corrected chi connectivity index (χ1v) is 17.1. The number of hydrogen-bond acceptors (Lipinski definition) is 4. The number of aliphatic imine (C=N–C) groups is 1. The Hall–Kier alpha value is -4.58. The number of carbonyl (C=O) groups is 1. The van der Waals surface area contributed by atoms with Crippen molar-refractivity contribution in [1.29, 1.82) is 0 Å². The van der Waals surface area contributed by atoms with Gasteiger partial charge in [-0.25, -0.2) is 4.79 Å². The standard InChI is InChI=1S/C36H37F3N6O2S/c1-4-6-27-10-9-24(2)23-33(27)45-25(3)19-22-48-35(45)41-34(46)40-32-8-5-7-31(32)26-11-13-28(14-12-26)43-20-21-44(42-43)29-15-17-30(18-16-29)47-36(37,38)39/h9-18,20-21,23,25H,4-8,19,22H2,1-3H3/p+1. The quantitative estimate of drug-likeness (QED) is 0.190. The van der Waals surface area contributed by atoms with E-state index in [-0.39, 0.29) is 17.8 Å². The van der Waals surface area contributed by atoms with Crippen LogP contribution in [0.4, 0.5) is 23.7 Å². The third-order valence-electron chi connectivity index (χ3n) is 8.46. The molecule has 1 saturated heterocycles. The number of hydrogen-bond donors (Lipinski definition) is 1. The minimum atomic E-state index is -4.74. The fourth-order valence-electron chi connectivity index (χ4n) is 6.14. The average Bonchev–Trinajstić information content (AvgIpc) is 3.72. The molecule has 8 nitrogen and oxygen atoms in total. The molecular formula is C36H38F3N6O2S+. The van der Waals surface area contributed by atoms with Gasteiger partial charge in [0.25, 0.3) is 0 Å². The zero-order chi connectivity index (χ0) is 33.8. The summed E-state index contributed by atoms with van der Waals surface area (Å²) in [6.45, 7) is 6.47. The smallest absolute Gasteiger partial charge is 0.406 e. The van der Waals surface area contributed by atoms with Gasteiger partial charge in [-0.3, -0.25) is 0 Å². The Kier molecular flexibility index (Phi) is 9.91. The molecule has 12 heteroatoms. The van der Waals surface area contributed by atoms with Gasteiger partial charge in [-0.1, -0.05) is 49.4 Å². The number of rotatable bonds is 8. The number of amidine groups is 1. The maximum Gasteiger partial charge on any atom is 0.573 e. The Morgan fingerprint density at radius 3 is 2.60 bits per heavy atom. The van der Waals surface area contributed by atoms with Gasteiger partial charge >= 0.3 is 12.4 Å². The van der Waals surface area contributed by atoms with E-state index in [2.05, 4.69) is 64.1 Å². The van der Waals surface area contributed by atoms with Crippen molar-refractivity contribution in [2.45, 2.75) is 71.7 Å². The van der Waals surface area contributed by atoms with Crippen LogP contribution in [0.3, 0.4) is 0 Å². The number of allylic oxidation sites excluding steroid dienone is 2. The first kappa shape index (κ1) is 33.3. The molecule has 0 radical (unpaired) electrons. The maximum atomic E-state index is 13.4. The molecule has 1 aliphatic carbocycles. The largest absolute Gasteiger partial charge is 0.573 e. The molecule has 1 N–H and O–H groups in total. The van der Waals surface area contributed by atoms with Crippen molar-refractivity contribution in [2.24, 2.45) is 4.99 Å². The third kappa shape index (κ3) is 7.75. The SMILES string of the molecule is CCCc1ccc(C)cc1N1C(=NC(=O)NC2=C(c3ccc(-[n+]4ccn(-c5ccc(OC(F)(F)F)cc5)n4)cc3)CCC2)SCCC1C. The molecule has 250 valence electrons. The summed E-state index contributed by atoms with van der Waals surface area (Å²) in [5.74, 6) is 0.622. The first-order chi connectivity index (χ1) is 23.1. The highest BCUT2D eigenvalue weighted by Gasteiger charge is 2.31. The van der Waals surface area contributed by atoms with Crippen LogP contribution in [-0.2, 0) is 6.42 Å². The number of anilines is 1. The number of urea groups is 1. The number of nitrogens with zero attached hydrogens (tertiary/aromatic N) is 5. The highest BCUT2D eigenvalue weighted by Crippen LogP contribution is 2.35. The van der Waals surface area contributed by atoms with E-state index in [0.717, 1.165) is 77.7 Å². The van der Waals surface area contributed by atoms with Crippen molar-refractivity contribution in [1.82, 2.24) is 15.2 Å². The molecule has 2 aliphatic rings. The average molecular weight is 676 g/mol. The zero-order valence-electron chi connectivity index (χ0n) is 27.1. The summed E-state index contributed by atoms with van der Waals surface area (Å²) in [5, 5.41) is 8.38. The number of carbonyl (C=O) groups excluding carboxylic acids is 1. The lowest BCUT2D eigenvalue weighted by atomic mass is 10.0. The van der Waals surface area contributed by atoms with Crippen LogP contribution in [0.5, 0.6) is 5.75 Å². The normalized spacial score (nSPS) is 17.7. The van der Waals surface area contributed by atoms with Crippen LogP contribution in [0.25, 0.3) is 16.9 Å². The predicted octanol–water partition coefficient (Wildman–Crippen LogP) is 8.30. The molecule has 1 fully saturated rings. The van der Waals surface area contributed by atoms with E-state index in [1.165, 1.54) is 35.4 Å². The molecule has 48 heavy (non-hydrogen) atoms. The van der Waals surface area contributed by atoms with E-state index in [1.54, 1.807) is 33.5 Å². The topological polar surface area (TPSA) is 75.6 Å². The zero-order valence-corrected chi connectivity index (χ0v) is 27.9. The fourth-order valence-corrected chi connectivity index (χ4v) is 7.34. The highest BCUT2D eigenvalue weighted by molar-refractivity contribution is 8.14. The van der Waals surface area contributed by atoms with Crippen molar-refractivity contribution in [3.8, 4) is 17.1 Å². The monoisotopic (exact) mass is 675 g/mol. The molecule has 3 aromatic carbocycles. The Labute approximate surface area is 282 Å². The summed E-state index contributed by atoms with van der Waals surface area (Å²) in [5.41, 5.74) is 8.01. The molecule has 2 amide bonds. The number of alkyl halides is 3. The van der Waals surface area contributed by atoms with Crippen molar-refractivity contribution >= 4 is 34.2 Å². The van der Waals surface area contributed by atoms with E-state index in [0.29, 0.717) is 5.69 Å². The van der Waals surface area contributed by atoms with Crippen molar-refractivity contribution < 1.29 is 27.4 Å². The summed E-state index contributed by atoms with van der Waals surface area (Å²) >= 11 is 1.63. The summed E-state index contributed by atoms with van der Waals surface area (Å²) in [6.07, 6.45) is 4.33. The van der Waals surface area contributed by atoms with Gasteiger partial charge in [0, 0.05) is 23.2 Å². The lowest BCUT2D eigenvalue weighted by Gasteiger charge is -2.37. The number of nitrogens with one attached hydrogen (secondary N) is 1. The third-order valence-corrected chi connectivity index (χ3v) is 9.45. The van der Waals surface area contributed by atoms with Crippen molar-refractivity contribution in [2.75, 3.05) is 10.7 Å². The molecule has 1 aromatic heterocycles. The molecule has 1 atom stereocenters. The number of amides is 2. The summed E-state index contributed by atoms with van der Waals surface area (Å²) in [6, 6.07) is 19.9.